The Morgan fingerprint density at radius 1 is 1.10 bits per heavy atom. The maximum absolute atomic E-state index is 10.1. The molecule has 1 heterocycles. The second kappa shape index (κ2) is 6.41. The number of fused-ring (bicyclic) bond motifs is 1. The summed E-state index contributed by atoms with van der Waals surface area (Å²) >= 11 is 1.64. The first-order valence-corrected chi connectivity index (χ1v) is 7.94. The molecule has 0 bridgehead atoms. The summed E-state index contributed by atoms with van der Waals surface area (Å²) < 4.78 is 11.1. The van der Waals surface area contributed by atoms with Crippen molar-refractivity contribution in [1.29, 1.82) is 0 Å². The lowest BCUT2D eigenvalue weighted by molar-refractivity contribution is 0.170. The molecule has 0 spiro atoms. The third-order valence-corrected chi connectivity index (χ3v) is 4.49. The van der Waals surface area contributed by atoms with E-state index >= 15 is 0 Å². The predicted octanol–water partition coefficient (Wildman–Crippen LogP) is 4.05. The lowest BCUT2D eigenvalue weighted by Crippen LogP contribution is -2.15. The van der Waals surface area contributed by atoms with Crippen LogP contribution in [0, 0.1) is 0 Å². The van der Waals surface area contributed by atoms with Gasteiger partial charge in [0.2, 0.25) is 0 Å². The third-order valence-electron chi connectivity index (χ3n) is 3.41. The molecule has 3 rings (SSSR count). The number of ether oxygens (including phenoxy) is 2. The summed E-state index contributed by atoms with van der Waals surface area (Å²) in [6, 6.07) is 13.9. The van der Waals surface area contributed by atoms with Gasteiger partial charge in [-0.05, 0) is 36.2 Å². The normalized spacial score (nSPS) is 14.8. The molecule has 21 heavy (non-hydrogen) atoms. The van der Waals surface area contributed by atoms with Gasteiger partial charge in [-0.3, -0.25) is 0 Å². The first-order chi connectivity index (χ1) is 10.3. The summed E-state index contributed by atoms with van der Waals surface area (Å²) in [6.45, 7) is 3.17. The zero-order chi connectivity index (χ0) is 14.7. The molecule has 2 aromatic carbocycles. The van der Waals surface area contributed by atoms with E-state index in [1.807, 2.05) is 49.4 Å². The molecule has 1 N–H and O–H groups in total. The van der Waals surface area contributed by atoms with E-state index < -0.39 is 6.10 Å². The number of rotatable bonds is 4. The molecule has 0 saturated carbocycles. The van der Waals surface area contributed by atoms with Gasteiger partial charge in [0, 0.05) is 9.79 Å². The lowest BCUT2D eigenvalue weighted by atomic mass is 10.1. The van der Waals surface area contributed by atoms with E-state index in [9.17, 15) is 5.11 Å². The van der Waals surface area contributed by atoms with E-state index in [2.05, 4.69) is 0 Å². The average Bonchev–Trinajstić information content (AvgIpc) is 2.54. The van der Waals surface area contributed by atoms with Crippen molar-refractivity contribution >= 4 is 11.8 Å². The van der Waals surface area contributed by atoms with Crippen molar-refractivity contribution in [3.05, 3.63) is 48.0 Å². The fraction of sp³-hybridized carbons (Fsp3) is 0.294. The standard InChI is InChI=1S/C17H18O3S/c1-2-14(18)13-5-3-4-6-17(13)21-12-7-8-15-16(11-12)20-10-9-19-15/h3-8,11,14,18H,2,9-10H2,1H3/t14-/m0/s1. The summed E-state index contributed by atoms with van der Waals surface area (Å²) in [5.74, 6) is 1.59. The van der Waals surface area contributed by atoms with Gasteiger partial charge >= 0.3 is 0 Å². The van der Waals surface area contributed by atoms with Gasteiger partial charge in [-0.2, -0.15) is 0 Å². The van der Waals surface area contributed by atoms with Crippen LogP contribution in [0.5, 0.6) is 11.5 Å². The number of hydrogen-bond donors (Lipinski definition) is 1. The third kappa shape index (κ3) is 3.17. The topological polar surface area (TPSA) is 38.7 Å². The van der Waals surface area contributed by atoms with Crippen LogP contribution in [0.1, 0.15) is 25.0 Å². The quantitative estimate of drug-likeness (QED) is 0.924. The van der Waals surface area contributed by atoms with E-state index in [-0.39, 0.29) is 0 Å². The molecule has 2 aromatic rings. The summed E-state index contributed by atoms with van der Waals surface area (Å²) in [5.41, 5.74) is 0.972. The van der Waals surface area contributed by atoms with Crippen molar-refractivity contribution in [2.24, 2.45) is 0 Å². The molecule has 1 atom stereocenters. The largest absolute Gasteiger partial charge is 0.486 e. The Bertz CT molecular complexity index is 627. The molecule has 0 aliphatic carbocycles. The van der Waals surface area contributed by atoms with Gasteiger partial charge in [0.15, 0.2) is 11.5 Å². The van der Waals surface area contributed by atoms with Crippen molar-refractivity contribution < 1.29 is 14.6 Å². The molecule has 110 valence electrons. The second-order valence-electron chi connectivity index (χ2n) is 4.87. The second-order valence-corrected chi connectivity index (χ2v) is 5.98. The van der Waals surface area contributed by atoms with Gasteiger partial charge in [-0.1, -0.05) is 36.9 Å². The molecule has 4 heteroatoms. The van der Waals surface area contributed by atoms with E-state index in [0.29, 0.717) is 19.6 Å². The Morgan fingerprint density at radius 2 is 1.86 bits per heavy atom. The zero-order valence-corrected chi connectivity index (χ0v) is 12.7. The zero-order valence-electron chi connectivity index (χ0n) is 11.9. The molecule has 1 aliphatic heterocycles. The first kappa shape index (κ1) is 14.3. The SMILES string of the molecule is CC[C@H](O)c1ccccc1Sc1ccc2c(c1)OCCO2. The molecular formula is C17H18O3S. The number of benzene rings is 2. The van der Waals surface area contributed by atoms with Crippen molar-refractivity contribution in [3.8, 4) is 11.5 Å². The summed E-state index contributed by atoms with van der Waals surface area (Å²) in [4.78, 5) is 2.15. The van der Waals surface area contributed by atoms with Gasteiger partial charge in [0.05, 0.1) is 6.10 Å². The maximum atomic E-state index is 10.1. The predicted molar refractivity (Wildman–Crippen MR) is 83.2 cm³/mol. The molecule has 0 saturated heterocycles. The van der Waals surface area contributed by atoms with E-state index in [1.165, 1.54) is 0 Å². The highest BCUT2D eigenvalue weighted by Crippen LogP contribution is 2.39. The first-order valence-electron chi connectivity index (χ1n) is 7.12. The Balaban J connectivity index is 1.87. The minimum absolute atomic E-state index is 0.425. The van der Waals surface area contributed by atoms with Crippen molar-refractivity contribution in [3.63, 3.8) is 0 Å². The maximum Gasteiger partial charge on any atom is 0.162 e. The van der Waals surface area contributed by atoms with E-state index in [4.69, 9.17) is 9.47 Å². The van der Waals surface area contributed by atoms with Gasteiger partial charge in [0.25, 0.3) is 0 Å². The highest BCUT2D eigenvalue weighted by Gasteiger charge is 2.14. The highest BCUT2D eigenvalue weighted by molar-refractivity contribution is 7.99. The van der Waals surface area contributed by atoms with Gasteiger partial charge in [-0.15, -0.1) is 0 Å². The van der Waals surface area contributed by atoms with Crippen LogP contribution in [0.2, 0.25) is 0 Å². The smallest absolute Gasteiger partial charge is 0.162 e. The Kier molecular flexibility index (Phi) is 4.36. The molecule has 0 fully saturated rings. The average molecular weight is 302 g/mol. The molecule has 0 unspecified atom stereocenters. The lowest BCUT2D eigenvalue weighted by Gasteiger charge is -2.19. The van der Waals surface area contributed by atoms with Gasteiger partial charge < -0.3 is 14.6 Å². The van der Waals surface area contributed by atoms with Crippen molar-refractivity contribution in [2.45, 2.75) is 29.2 Å². The van der Waals surface area contributed by atoms with E-state index in [1.54, 1.807) is 11.8 Å². The van der Waals surface area contributed by atoms with Crippen LogP contribution < -0.4 is 9.47 Å². The highest BCUT2D eigenvalue weighted by atomic mass is 32.2. The molecular weight excluding hydrogens is 284 g/mol. The number of aliphatic hydroxyl groups excluding tert-OH is 1. The monoisotopic (exact) mass is 302 g/mol. The number of aliphatic hydroxyl groups is 1. The Hall–Kier alpha value is -1.65. The van der Waals surface area contributed by atoms with Crippen LogP contribution in [0.15, 0.2) is 52.3 Å². The summed E-state index contributed by atoms with van der Waals surface area (Å²) in [6.07, 6.45) is 0.282. The van der Waals surface area contributed by atoms with Crippen LogP contribution >= 0.6 is 11.8 Å². The molecule has 0 aromatic heterocycles. The molecule has 0 amide bonds. The molecule has 1 aliphatic rings. The van der Waals surface area contributed by atoms with Crippen molar-refractivity contribution in [2.75, 3.05) is 13.2 Å². The molecule has 0 radical (unpaired) electrons. The van der Waals surface area contributed by atoms with Crippen LogP contribution in [-0.2, 0) is 0 Å². The van der Waals surface area contributed by atoms with Crippen LogP contribution in [-0.4, -0.2) is 18.3 Å². The summed E-state index contributed by atoms with van der Waals surface area (Å²) in [5, 5.41) is 10.1. The van der Waals surface area contributed by atoms with Gasteiger partial charge in [-0.25, -0.2) is 0 Å². The Morgan fingerprint density at radius 3 is 2.67 bits per heavy atom. The fourth-order valence-corrected chi connectivity index (χ4v) is 3.31. The molecule has 3 nitrogen and oxygen atoms in total. The minimum Gasteiger partial charge on any atom is -0.486 e. The van der Waals surface area contributed by atoms with Crippen LogP contribution in [0.25, 0.3) is 0 Å². The van der Waals surface area contributed by atoms with Crippen LogP contribution in [0.4, 0.5) is 0 Å². The van der Waals surface area contributed by atoms with E-state index in [0.717, 1.165) is 26.9 Å². The van der Waals surface area contributed by atoms with Crippen molar-refractivity contribution in [1.82, 2.24) is 0 Å². The Labute approximate surface area is 128 Å². The number of hydrogen-bond acceptors (Lipinski definition) is 4. The van der Waals surface area contributed by atoms with Crippen LogP contribution in [0.3, 0.4) is 0 Å². The fourth-order valence-electron chi connectivity index (χ4n) is 2.28. The minimum atomic E-state index is -0.425. The van der Waals surface area contributed by atoms with Gasteiger partial charge in [0.1, 0.15) is 13.2 Å². The summed E-state index contributed by atoms with van der Waals surface area (Å²) in [7, 11) is 0.